The molecule has 0 bridgehead atoms. The highest BCUT2D eigenvalue weighted by molar-refractivity contribution is 6.07. The third kappa shape index (κ3) is 2.71. The van der Waals surface area contributed by atoms with Crippen LogP contribution in [0.15, 0.2) is 54.6 Å². The smallest absolute Gasteiger partial charge is 0.182 e. The maximum Gasteiger partial charge on any atom is 0.182 e. The molecule has 2 aromatic heterocycles. The lowest BCUT2D eigenvalue weighted by atomic mass is 10.0. The third-order valence-corrected chi connectivity index (χ3v) is 4.19. The molecule has 0 fully saturated rings. The summed E-state index contributed by atoms with van der Waals surface area (Å²) in [5.41, 5.74) is 3.65. The van der Waals surface area contributed by atoms with Crippen LogP contribution >= 0.6 is 0 Å². The van der Waals surface area contributed by atoms with Gasteiger partial charge in [-0.05, 0) is 43.3 Å². The van der Waals surface area contributed by atoms with Crippen molar-refractivity contribution >= 4 is 17.0 Å². The van der Waals surface area contributed by atoms with Crippen molar-refractivity contribution in [3.05, 3.63) is 71.5 Å². The number of aromatic carboxylic acids is 1. The molecule has 4 rings (SSSR count). The SMILES string of the molecule is Cc1cccc(-c2cc(C(=O)[O-])c3c(-c4ccc(F)cc4)[nH]nc3n2)c1. The third-order valence-electron chi connectivity index (χ3n) is 4.19. The Balaban J connectivity index is 1.96. The highest BCUT2D eigenvalue weighted by Crippen LogP contribution is 2.31. The molecule has 0 saturated carbocycles. The van der Waals surface area contributed by atoms with Gasteiger partial charge in [0.15, 0.2) is 5.65 Å². The van der Waals surface area contributed by atoms with E-state index in [0.717, 1.165) is 11.1 Å². The van der Waals surface area contributed by atoms with Crippen molar-refractivity contribution in [3.63, 3.8) is 0 Å². The summed E-state index contributed by atoms with van der Waals surface area (Å²) in [4.78, 5) is 16.2. The number of rotatable bonds is 3. The van der Waals surface area contributed by atoms with E-state index in [-0.39, 0.29) is 17.0 Å². The summed E-state index contributed by atoms with van der Waals surface area (Å²) in [7, 11) is 0. The molecule has 0 spiro atoms. The van der Waals surface area contributed by atoms with Gasteiger partial charge in [0, 0.05) is 16.7 Å². The Kier molecular flexibility index (Phi) is 3.73. The van der Waals surface area contributed by atoms with Crippen LogP contribution < -0.4 is 5.11 Å². The van der Waals surface area contributed by atoms with Crippen molar-refractivity contribution < 1.29 is 14.3 Å². The van der Waals surface area contributed by atoms with Crippen LogP contribution in [0, 0.1) is 12.7 Å². The fourth-order valence-corrected chi connectivity index (χ4v) is 2.96. The Morgan fingerprint density at radius 1 is 1.08 bits per heavy atom. The second-order valence-electron chi connectivity index (χ2n) is 6.02. The van der Waals surface area contributed by atoms with Gasteiger partial charge in [-0.15, -0.1) is 0 Å². The van der Waals surface area contributed by atoms with Gasteiger partial charge in [-0.2, -0.15) is 5.10 Å². The standard InChI is InChI=1S/C20H14FN3O2/c1-11-3-2-4-13(9-11)16-10-15(20(25)26)17-18(23-24-19(17)22-16)12-5-7-14(21)8-6-12/h2-10H,1H3,(H,25,26)(H,22,23,24)/p-1. The van der Waals surface area contributed by atoms with Crippen molar-refractivity contribution in [1.29, 1.82) is 0 Å². The van der Waals surface area contributed by atoms with Crippen molar-refractivity contribution in [1.82, 2.24) is 15.2 Å². The van der Waals surface area contributed by atoms with E-state index in [1.165, 1.54) is 18.2 Å². The van der Waals surface area contributed by atoms with Gasteiger partial charge < -0.3 is 9.90 Å². The Morgan fingerprint density at radius 2 is 1.85 bits per heavy atom. The predicted molar refractivity (Wildman–Crippen MR) is 93.8 cm³/mol. The number of hydrogen-bond acceptors (Lipinski definition) is 4. The summed E-state index contributed by atoms with van der Waals surface area (Å²) in [6.07, 6.45) is 0. The van der Waals surface area contributed by atoms with Crippen LogP contribution in [0.3, 0.4) is 0 Å². The molecule has 4 aromatic rings. The lowest BCUT2D eigenvalue weighted by molar-refractivity contribution is -0.254. The fraction of sp³-hybridized carbons (Fsp3) is 0.0500. The van der Waals surface area contributed by atoms with Gasteiger partial charge in [0.2, 0.25) is 0 Å². The normalized spacial score (nSPS) is 11.0. The number of carboxylic acids is 1. The highest BCUT2D eigenvalue weighted by Gasteiger charge is 2.16. The molecule has 0 unspecified atom stereocenters. The summed E-state index contributed by atoms with van der Waals surface area (Å²) >= 11 is 0. The second kappa shape index (κ2) is 6.07. The summed E-state index contributed by atoms with van der Waals surface area (Å²) in [5.74, 6) is -1.70. The number of carbonyl (C=O) groups excluding carboxylic acids is 1. The van der Waals surface area contributed by atoms with Crippen LogP contribution in [0.1, 0.15) is 15.9 Å². The molecule has 2 aromatic carbocycles. The molecule has 0 radical (unpaired) electrons. The average molecular weight is 346 g/mol. The molecular formula is C20H13FN3O2-. The zero-order valence-electron chi connectivity index (χ0n) is 13.8. The number of nitrogens with one attached hydrogen (secondary N) is 1. The van der Waals surface area contributed by atoms with E-state index in [0.29, 0.717) is 22.3 Å². The lowest BCUT2D eigenvalue weighted by Crippen LogP contribution is -2.22. The first-order valence-corrected chi connectivity index (χ1v) is 7.96. The van der Waals surface area contributed by atoms with Crippen LogP contribution in [-0.4, -0.2) is 21.2 Å². The summed E-state index contributed by atoms with van der Waals surface area (Å²) in [6, 6.07) is 14.8. The molecule has 0 aliphatic carbocycles. The van der Waals surface area contributed by atoms with Crippen LogP contribution in [0.25, 0.3) is 33.5 Å². The number of hydrogen-bond donors (Lipinski definition) is 1. The number of benzene rings is 2. The van der Waals surface area contributed by atoms with E-state index >= 15 is 0 Å². The van der Waals surface area contributed by atoms with Gasteiger partial charge in [-0.3, -0.25) is 5.10 Å². The van der Waals surface area contributed by atoms with Crippen molar-refractivity contribution in [2.24, 2.45) is 0 Å². The largest absolute Gasteiger partial charge is 0.545 e. The first kappa shape index (κ1) is 16.0. The number of aromatic nitrogens is 3. The number of aromatic amines is 1. The molecule has 2 heterocycles. The van der Waals surface area contributed by atoms with E-state index in [2.05, 4.69) is 15.2 Å². The zero-order chi connectivity index (χ0) is 18.3. The van der Waals surface area contributed by atoms with Crippen molar-refractivity contribution in [3.8, 4) is 22.5 Å². The number of carbonyl (C=O) groups is 1. The first-order valence-electron chi connectivity index (χ1n) is 7.96. The zero-order valence-corrected chi connectivity index (χ0v) is 13.8. The van der Waals surface area contributed by atoms with E-state index < -0.39 is 5.97 Å². The average Bonchev–Trinajstić information content (AvgIpc) is 3.05. The minimum Gasteiger partial charge on any atom is -0.545 e. The molecule has 5 nitrogen and oxygen atoms in total. The Bertz CT molecular complexity index is 1130. The van der Waals surface area contributed by atoms with Crippen LogP contribution in [-0.2, 0) is 0 Å². The fourth-order valence-electron chi connectivity index (χ4n) is 2.96. The molecule has 1 N–H and O–H groups in total. The molecule has 26 heavy (non-hydrogen) atoms. The van der Waals surface area contributed by atoms with Crippen molar-refractivity contribution in [2.75, 3.05) is 0 Å². The van der Waals surface area contributed by atoms with Crippen LogP contribution in [0.2, 0.25) is 0 Å². The van der Waals surface area contributed by atoms with Gasteiger partial charge in [0.1, 0.15) is 5.82 Å². The molecule has 128 valence electrons. The van der Waals surface area contributed by atoms with E-state index in [9.17, 15) is 14.3 Å². The summed E-state index contributed by atoms with van der Waals surface area (Å²) in [5, 5.41) is 19.1. The quantitative estimate of drug-likeness (QED) is 0.618. The number of fused-ring (bicyclic) bond motifs is 1. The maximum absolute atomic E-state index is 13.2. The molecular weight excluding hydrogens is 333 g/mol. The number of carboxylic acid groups (broad SMARTS) is 1. The first-order chi connectivity index (χ1) is 12.5. The molecule has 0 amide bonds. The summed E-state index contributed by atoms with van der Waals surface area (Å²) in [6.45, 7) is 1.95. The van der Waals surface area contributed by atoms with Gasteiger partial charge in [0.05, 0.1) is 22.7 Å². The van der Waals surface area contributed by atoms with Gasteiger partial charge >= 0.3 is 0 Å². The van der Waals surface area contributed by atoms with E-state index in [1.54, 1.807) is 12.1 Å². The topological polar surface area (TPSA) is 81.7 Å². The Morgan fingerprint density at radius 3 is 2.54 bits per heavy atom. The molecule has 6 heteroatoms. The number of H-pyrrole nitrogens is 1. The predicted octanol–water partition coefficient (Wildman–Crippen LogP) is 3.10. The van der Waals surface area contributed by atoms with Crippen LogP contribution in [0.5, 0.6) is 0 Å². The maximum atomic E-state index is 13.2. The minimum atomic E-state index is -1.32. The molecule has 0 aliphatic rings. The highest BCUT2D eigenvalue weighted by atomic mass is 19.1. The van der Waals surface area contributed by atoms with Gasteiger partial charge in [-0.1, -0.05) is 23.8 Å². The van der Waals surface area contributed by atoms with E-state index in [4.69, 9.17) is 0 Å². The Labute approximate surface area is 148 Å². The van der Waals surface area contributed by atoms with Crippen LogP contribution in [0.4, 0.5) is 4.39 Å². The monoisotopic (exact) mass is 346 g/mol. The van der Waals surface area contributed by atoms with Gasteiger partial charge in [-0.25, -0.2) is 9.37 Å². The number of aryl methyl sites for hydroxylation is 1. The molecule has 0 atom stereocenters. The minimum absolute atomic E-state index is 0.0143. The number of pyridine rings is 1. The summed E-state index contributed by atoms with van der Waals surface area (Å²) < 4.78 is 13.2. The van der Waals surface area contributed by atoms with Crippen molar-refractivity contribution in [2.45, 2.75) is 6.92 Å². The molecule has 0 saturated heterocycles. The Hall–Kier alpha value is -3.54. The molecule has 0 aliphatic heterocycles. The number of halogens is 1. The van der Waals surface area contributed by atoms with E-state index in [1.807, 2.05) is 31.2 Å². The number of nitrogens with zero attached hydrogens (tertiary/aromatic N) is 2. The lowest BCUT2D eigenvalue weighted by Gasteiger charge is -2.09. The van der Waals surface area contributed by atoms with Gasteiger partial charge in [0.25, 0.3) is 0 Å². The second-order valence-corrected chi connectivity index (χ2v) is 6.02.